The first-order valence-electron chi connectivity index (χ1n) is 4.18. The second-order valence-electron chi connectivity index (χ2n) is 2.87. The van der Waals surface area contributed by atoms with E-state index in [0.717, 1.165) is 0 Å². The Hall–Kier alpha value is -1.36. The Morgan fingerprint density at radius 2 is 2.20 bits per heavy atom. The SMILES string of the molecule is COc1cc(NC(C)=O)c(Br)cc1C=O. The van der Waals surface area contributed by atoms with E-state index in [0.29, 0.717) is 27.8 Å². The third-order valence-electron chi connectivity index (χ3n) is 1.76. The molecular formula is C10H10BrNO3. The first kappa shape index (κ1) is 11.7. The highest BCUT2D eigenvalue weighted by Gasteiger charge is 2.09. The minimum absolute atomic E-state index is 0.184. The molecule has 0 heterocycles. The van der Waals surface area contributed by atoms with E-state index >= 15 is 0 Å². The molecule has 0 unspecified atom stereocenters. The molecule has 1 aromatic rings. The van der Waals surface area contributed by atoms with Crippen LogP contribution in [-0.4, -0.2) is 19.3 Å². The van der Waals surface area contributed by atoms with E-state index in [9.17, 15) is 9.59 Å². The fourth-order valence-corrected chi connectivity index (χ4v) is 1.58. The first-order chi connectivity index (χ1) is 7.08. The molecule has 0 saturated carbocycles. The van der Waals surface area contributed by atoms with Gasteiger partial charge in [0.1, 0.15) is 5.75 Å². The summed E-state index contributed by atoms with van der Waals surface area (Å²) in [6, 6.07) is 3.19. The van der Waals surface area contributed by atoms with Crippen LogP contribution in [0.1, 0.15) is 17.3 Å². The van der Waals surface area contributed by atoms with E-state index in [1.165, 1.54) is 14.0 Å². The lowest BCUT2D eigenvalue weighted by Crippen LogP contribution is -2.07. The van der Waals surface area contributed by atoms with Gasteiger partial charge in [-0.25, -0.2) is 0 Å². The lowest BCUT2D eigenvalue weighted by Gasteiger charge is -2.09. The van der Waals surface area contributed by atoms with Gasteiger partial charge in [-0.3, -0.25) is 9.59 Å². The monoisotopic (exact) mass is 271 g/mol. The van der Waals surface area contributed by atoms with E-state index in [-0.39, 0.29) is 5.91 Å². The molecular weight excluding hydrogens is 262 g/mol. The number of amides is 1. The van der Waals surface area contributed by atoms with Crippen molar-refractivity contribution < 1.29 is 14.3 Å². The highest BCUT2D eigenvalue weighted by Crippen LogP contribution is 2.30. The smallest absolute Gasteiger partial charge is 0.221 e. The lowest BCUT2D eigenvalue weighted by molar-refractivity contribution is -0.114. The third-order valence-corrected chi connectivity index (χ3v) is 2.41. The zero-order valence-corrected chi connectivity index (χ0v) is 9.92. The quantitative estimate of drug-likeness (QED) is 0.858. The second-order valence-corrected chi connectivity index (χ2v) is 3.73. The number of hydrogen-bond acceptors (Lipinski definition) is 3. The van der Waals surface area contributed by atoms with Crippen molar-refractivity contribution in [3.05, 3.63) is 22.2 Å². The van der Waals surface area contributed by atoms with Crippen molar-refractivity contribution in [2.75, 3.05) is 12.4 Å². The molecule has 0 fully saturated rings. The summed E-state index contributed by atoms with van der Waals surface area (Å²) >= 11 is 3.25. The van der Waals surface area contributed by atoms with Crippen molar-refractivity contribution in [2.45, 2.75) is 6.92 Å². The van der Waals surface area contributed by atoms with Crippen molar-refractivity contribution in [1.82, 2.24) is 0 Å². The molecule has 0 atom stereocenters. The van der Waals surface area contributed by atoms with Gasteiger partial charge < -0.3 is 10.1 Å². The maximum Gasteiger partial charge on any atom is 0.221 e. The van der Waals surface area contributed by atoms with Gasteiger partial charge in [-0.1, -0.05) is 0 Å². The van der Waals surface area contributed by atoms with Crippen LogP contribution < -0.4 is 10.1 Å². The molecule has 0 aliphatic rings. The number of ether oxygens (including phenoxy) is 1. The van der Waals surface area contributed by atoms with Gasteiger partial charge in [0.05, 0.1) is 18.4 Å². The molecule has 0 aromatic heterocycles. The maximum absolute atomic E-state index is 10.9. The van der Waals surface area contributed by atoms with Crippen LogP contribution in [0.3, 0.4) is 0 Å². The summed E-state index contributed by atoms with van der Waals surface area (Å²) in [7, 11) is 1.47. The fourth-order valence-electron chi connectivity index (χ4n) is 1.12. The zero-order chi connectivity index (χ0) is 11.4. The van der Waals surface area contributed by atoms with Crippen molar-refractivity contribution in [2.24, 2.45) is 0 Å². The number of hydrogen-bond donors (Lipinski definition) is 1. The minimum Gasteiger partial charge on any atom is -0.496 e. The molecule has 0 bridgehead atoms. The lowest BCUT2D eigenvalue weighted by atomic mass is 10.2. The highest BCUT2D eigenvalue weighted by atomic mass is 79.9. The number of benzene rings is 1. The molecule has 0 radical (unpaired) electrons. The topological polar surface area (TPSA) is 55.4 Å². The largest absolute Gasteiger partial charge is 0.496 e. The van der Waals surface area contributed by atoms with Crippen molar-refractivity contribution >= 4 is 33.8 Å². The molecule has 1 aromatic carbocycles. The molecule has 0 spiro atoms. The number of anilines is 1. The van der Waals surface area contributed by atoms with Crippen LogP contribution in [0.4, 0.5) is 5.69 Å². The summed E-state index contributed by atoms with van der Waals surface area (Å²) in [6.45, 7) is 1.41. The third kappa shape index (κ3) is 2.79. The summed E-state index contributed by atoms with van der Waals surface area (Å²) in [5.41, 5.74) is 1.00. The average molecular weight is 272 g/mol. The predicted octanol–water partition coefficient (Wildman–Crippen LogP) is 2.23. The van der Waals surface area contributed by atoms with E-state index < -0.39 is 0 Å². The standard InChI is InChI=1S/C10H10BrNO3/c1-6(14)12-9-4-10(15-2)7(5-13)3-8(9)11/h3-5H,1-2H3,(H,12,14). The van der Waals surface area contributed by atoms with Gasteiger partial charge in [-0.05, 0) is 22.0 Å². The van der Waals surface area contributed by atoms with E-state index in [1.807, 2.05) is 0 Å². The summed E-state index contributed by atoms with van der Waals surface area (Å²) in [5.74, 6) is 0.244. The predicted molar refractivity (Wildman–Crippen MR) is 60.4 cm³/mol. The molecule has 4 nitrogen and oxygen atoms in total. The number of nitrogens with one attached hydrogen (secondary N) is 1. The first-order valence-corrected chi connectivity index (χ1v) is 4.98. The number of carbonyl (C=O) groups excluding carboxylic acids is 2. The molecule has 1 amide bonds. The molecule has 80 valence electrons. The van der Waals surface area contributed by atoms with Crippen molar-refractivity contribution in [3.8, 4) is 5.75 Å². The van der Waals surface area contributed by atoms with Gasteiger partial charge in [0.15, 0.2) is 6.29 Å². The molecule has 1 rings (SSSR count). The van der Waals surface area contributed by atoms with Crippen LogP contribution in [0.25, 0.3) is 0 Å². The van der Waals surface area contributed by atoms with Gasteiger partial charge >= 0.3 is 0 Å². The summed E-state index contributed by atoms with van der Waals surface area (Å²) in [5, 5.41) is 2.62. The van der Waals surface area contributed by atoms with Crippen LogP contribution in [0.15, 0.2) is 16.6 Å². The Morgan fingerprint density at radius 1 is 1.53 bits per heavy atom. The van der Waals surface area contributed by atoms with E-state index in [1.54, 1.807) is 12.1 Å². The Morgan fingerprint density at radius 3 is 2.67 bits per heavy atom. The van der Waals surface area contributed by atoms with Gasteiger partial charge in [0, 0.05) is 17.5 Å². The van der Waals surface area contributed by atoms with Gasteiger partial charge in [-0.2, -0.15) is 0 Å². The molecule has 5 heteroatoms. The molecule has 0 saturated heterocycles. The summed E-state index contributed by atoms with van der Waals surface area (Å²) in [6.07, 6.45) is 0.696. The van der Waals surface area contributed by atoms with Crippen molar-refractivity contribution in [1.29, 1.82) is 0 Å². The molecule has 0 aliphatic heterocycles. The number of methoxy groups -OCH3 is 1. The van der Waals surface area contributed by atoms with E-state index in [2.05, 4.69) is 21.2 Å². The van der Waals surface area contributed by atoms with Crippen LogP contribution in [-0.2, 0) is 4.79 Å². The number of halogens is 1. The van der Waals surface area contributed by atoms with Gasteiger partial charge in [0.25, 0.3) is 0 Å². The summed E-state index contributed by atoms with van der Waals surface area (Å²) < 4.78 is 5.65. The summed E-state index contributed by atoms with van der Waals surface area (Å²) in [4.78, 5) is 21.6. The Bertz CT molecular complexity index is 404. The van der Waals surface area contributed by atoms with Crippen molar-refractivity contribution in [3.63, 3.8) is 0 Å². The fraction of sp³-hybridized carbons (Fsp3) is 0.200. The molecule has 1 N–H and O–H groups in total. The maximum atomic E-state index is 10.9. The minimum atomic E-state index is -0.184. The second kappa shape index (κ2) is 4.93. The van der Waals surface area contributed by atoms with Gasteiger partial charge in [-0.15, -0.1) is 0 Å². The van der Waals surface area contributed by atoms with Crippen LogP contribution in [0.5, 0.6) is 5.75 Å². The van der Waals surface area contributed by atoms with Crippen LogP contribution in [0, 0.1) is 0 Å². The number of carbonyl (C=O) groups is 2. The molecule has 15 heavy (non-hydrogen) atoms. The number of rotatable bonds is 3. The van der Waals surface area contributed by atoms with Crippen LogP contribution >= 0.6 is 15.9 Å². The van der Waals surface area contributed by atoms with Gasteiger partial charge in [0.2, 0.25) is 5.91 Å². The normalized spacial score (nSPS) is 9.53. The van der Waals surface area contributed by atoms with Crippen LogP contribution in [0.2, 0.25) is 0 Å². The Labute approximate surface area is 95.7 Å². The highest BCUT2D eigenvalue weighted by molar-refractivity contribution is 9.10. The Balaban J connectivity index is 3.19. The molecule has 0 aliphatic carbocycles. The average Bonchev–Trinajstić information content (AvgIpc) is 2.19. The zero-order valence-electron chi connectivity index (χ0n) is 8.33. The Kier molecular flexibility index (Phi) is 3.85. The number of aldehydes is 1. The van der Waals surface area contributed by atoms with E-state index in [4.69, 9.17) is 4.74 Å².